The normalized spacial score (nSPS) is 27.5. The van der Waals surface area contributed by atoms with Gasteiger partial charge in [0.05, 0.1) is 12.2 Å². The molecule has 0 bridgehead atoms. The van der Waals surface area contributed by atoms with E-state index in [2.05, 4.69) is 24.1 Å². The molecule has 0 aliphatic heterocycles. The summed E-state index contributed by atoms with van der Waals surface area (Å²) in [5.74, 6) is 0. The Kier molecular flexibility index (Phi) is 7.82. The highest BCUT2D eigenvalue weighted by atomic mass is 16.5. The fourth-order valence-electron chi connectivity index (χ4n) is 2.60. The monoisotopic (exact) mass is 258 g/mol. The summed E-state index contributed by atoms with van der Waals surface area (Å²) in [5, 5.41) is 3.58. The molecule has 0 saturated heterocycles. The molecular formula is C14H30N2O2. The lowest BCUT2D eigenvalue weighted by atomic mass is 9.85. The third-order valence-electron chi connectivity index (χ3n) is 3.85. The largest absolute Gasteiger partial charge is 0.377 e. The van der Waals surface area contributed by atoms with Gasteiger partial charge in [-0.25, -0.2) is 0 Å². The van der Waals surface area contributed by atoms with E-state index in [0.717, 1.165) is 32.7 Å². The molecule has 0 heterocycles. The molecule has 0 aromatic carbocycles. The molecule has 1 fully saturated rings. The summed E-state index contributed by atoms with van der Waals surface area (Å²) in [4.78, 5) is 2.46. The van der Waals surface area contributed by atoms with E-state index < -0.39 is 0 Å². The molecule has 108 valence electrons. The van der Waals surface area contributed by atoms with Crippen molar-refractivity contribution in [3.63, 3.8) is 0 Å². The van der Waals surface area contributed by atoms with Crippen LogP contribution in [-0.2, 0) is 9.47 Å². The lowest BCUT2D eigenvalue weighted by Crippen LogP contribution is -2.60. The predicted molar refractivity (Wildman–Crippen MR) is 75.0 cm³/mol. The first-order valence-electron chi connectivity index (χ1n) is 7.36. The molecule has 3 unspecified atom stereocenters. The Hall–Kier alpha value is -0.160. The van der Waals surface area contributed by atoms with Gasteiger partial charge < -0.3 is 19.7 Å². The summed E-state index contributed by atoms with van der Waals surface area (Å²) in [6.45, 7) is 11.8. The standard InChI is InChI=1S/C14H30N2O2/c1-5-16(6-2)10-8-9-15-12-11-13(18-7-3)14(12)17-4/h12-15H,5-11H2,1-4H3. The van der Waals surface area contributed by atoms with Crippen molar-refractivity contribution in [3.05, 3.63) is 0 Å². The van der Waals surface area contributed by atoms with E-state index in [1.54, 1.807) is 7.11 Å². The van der Waals surface area contributed by atoms with E-state index in [9.17, 15) is 0 Å². The van der Waals surface area contributed by atoms with Crippen molar-refractivity contribution in [2.45, 2.75) is 51.9 Å². The lowest BCUT2D eigenvalue weighted by molar-refractivity contribution is -0.131. The Morgan fingerprint density at radius 1 is 1.22 bits per heavy atom. The highest BCUT2D eigenvalue weighted by molar-refractivity contribution is 4.96. The zero-order valence-electron chi connectivity index (χ0n) is 12.4. The second-order valence-electron chi connectivity index (χ2n) is 4.87. The molecule has 4 heteroatoms. The first kappa shape index (κ1) is 15.9. The summed E-state index contributed by atoms with van der Waals surface area (Å²) >= 11 is 0. The van der Waals surface area contributed by atoms with Gasteiger partial charge in [0.25, 0.3) is 0 Å². The van der Waals surface area contributed by atoms with E-state index in [0.29, 0.717) is 12.1 Å². The second-order valence-corrected chi connectivity index (χ2v) is 4.87. The van der Waals surface area contributed by atoms with Gasteiger partial charge in [-0.1, -0.05) is 13.8 Å². The molecule has 1 aliphatic rings. The summed E-state index contributed by atoms with van der Waals surface area (Å²) in [5.41, 5.74) is 0. The van der Waals surface area contributed by atoms with Crippen LogP contribution >= 0.6 is 0 Å². The Morgan fingerprint density at radius 3 is 2.50 bits per heavy atom. The van der Waals surface area contributed by atoms with Gasteiger partial charge in [-0.2, -0.15) is 0 Å². The van der Waals surface area contributed by atoms with Gasteiger partial charge in [0.1, 0.15) is 0 Å². The maximum absolute atomic E-state index is 5.62. The second kappa shape index (κ2) is 8.86. The summed E-state index contributed by atoms with van der Waals surface area (Å²) < 4.78 is 11.1. The third kappa shape index (κ3) is 4.50. The van der Waals surface area contributed by atoms with Crippen molar-refractivity contribution >= 4 is 0 Å². The number of nitrogens with one attached hydrogen (secondary N) is 1. The number of ether oxygens (including phenoxy) is 2. The summed E-state index contributed by atoms with van der Waals surface area (Å²) in [6, 6.07) is 0.475. The molecule has 3 atom stereocenters. The molecule has 18 heavy (non-hydrogen) atoms. The van der Waals surface area contributed by atoms with Gasteiger partial charge in [-0.15, -0.1) is 0 Å². The van der Waals surface area contributed by atoms with Crippen LogP contribution in [0.3, 0.4) is 0 Å². The van der Waals surface area contributed by atoms with Gasteiger partial charge in [-0.3, -0.25) is 0 Å². The minimum absolute atomic E-state index is 0.235. The third-order valence-corrected chi connectivity index (χ3v) is 3.85. The van der Waals surface area contributed by atoms with Gasteiger partial charge in [0, 0.05) is 19.8 Å². The molecule has 1 N–H and O–H groups in total. The van der Waals surface area contributed by atoms with Gasteiger partial charge in [0.15, 0.2) is 0 Å². The quantitative estimate of drug-likeness (QED) is 0.602. The maximum atomic E-state index is 5.62. The van der Waals surface area contributed by atoms with Crippen LogP contribution in [0.25, 0.3) is 0 Å². The molecule has 0 radical (unpaired) electrons. The highest BCUT2D eigenvalue weighted by Crippen LogP contribution is 2.26. The Bertz CT molecular complexity index is 210. The first-order valence-corrected chi connectivity index (χ1v) is 7.36. The van der Waals surface area contributed by atoms with Gasteiger partial charge >= 0.3 is 0 Å². The average molecular weight is 258 g/mol. The number of hydrogen-bond donors (Lipinski definition) is 1. The van der Waals surface area contributed by atoms with Crippen molar-refractivity contribution in [1.82, 2.24) is 10.2 Å². The molecule has 1 aliphatic carbocycles. The molecule has 0 aromatic heterocycles. The van der Waals surface area contributed by atoms with E-state index in [1.165, 1.54) is 13.0 Å². The minimum atomic E-state index is 0.235. The first-order chi connectivity index (χ1) is 8.76. The van der Waals surface area contributed by atoms with Crippen molar-refractivity contribution in [1.29, 1.82) is 0 Å². The van der Waals surface area contributed by atoms with Crippen molar-refractivity contribution < 1.29 is 9.47 Å². The molecular weight excluding hydrogens is 228 g/mol. The zero-order valence-corrected chi connectivity index (χ0v) is 12.4. The topological polar surface area (TPSA) is 33.7 Å². The molecule has 1 saturated carbocycles. The number of nitrogens with zero attached hydrogens (tertiary/aromatic N) is 1. The maximum Gasteiger partial charge on any atom is 0.0986 e. The van der Waals surface area contributed by atoms with E-state index in [-0.39, 0.29) is 6.10 Å². The lowest BCUT2D eigenvalue weighted by Gasteiger charge is -2.43. The van der Waals surface area contributed by atoms with Crippen LogP contribution in [0.4, 0.5) is 0 Å². The Balaban J connectivity index is 2.09. The fourth-order valence-corrected chi connectivity index (χ4v) is 2.60. The van der Waals surface area contributed by atoms with E-state index >= 15 is 0 Å². The van der Waals surface area contributed by atoms with Crippen LogP contribution in [0.2, 0.25) is 0 Å². The van der Waals surface area contributed by atoms with Crippen LogP contribution in [0.1, 0.15) is 33.6 Å². The Morgan fingerprint density at radius 2 is 1.94 bits per heavy atom. The molecule has 4 nitrogen and oxygen atoms in total. The predicted octanol–water partition coefficient (Wildman–Crippen LogP) is 1.50. The number of hydrogen-bond acceptors (Lipinski definition) is 4. The van der Waals surface area contributed by atoms with Crippen LogP contribution < -0.4 is 5.32 Å². The van der Waals surface area contributed by atoms with E-state index in [4.69, 9.17) is 9.47 Å². The average Bonchev–Trinajstić information content (AvgIpc) is 2.36. The van der Waals surface area contributed by atoms with Crippen LogP contribution in [-0.4, -0.2) is 63.0 Å². The van der Waals surface area contributed by atoms with Crippen molar-refractivity contribution in [3.8, 4) is 0 Å². The van der Waals surface area contributed by atoms with Gasteiger partial charge in [0.2, 0.25) is 0 Å². The van der Waals surface area contributed by atoms with Crippen LogP contribution in [0.15, 0.2) is 0 Å². The SMILES string of the molecule is CCOC1CC(NCCCN(CC)CC)C1OC. The molecule has 0 amide bonds. The smallest absolute Gasteiger partial charge is 0.0986 e. The van der Waals surface area contributed by atoms with Gasteiger partial charge in [-0.05, 0) is 45.9 Å². The van der Waals surface area contributed by atoms with Crippen LogP contribution in [0.5, 0.6) is 0 Å². The number of rotatable bonds is 10. The summed E-state index contributed by atoms with van der Waals surface area (Å²) in [7, 11) is 1.78. The molecule has 1 rings (SSSR count). The summed E-state index contributed by atoms with van der Waals surface area (Å²) in [6.07, 6.45) is 2.81. The highest BCUT2D eigenvalue weighted by Gasteiger charge is 2.41. The minimum Gasteiger partial charge on any atom is -0.377 e. The Labute approximate surface area is 112 Å². The zero-order chi connectivity index (χ0) is 13.4. The van der Waals surface area contributed by atoms with E-state index in [1.807, 2.05) is 6.92 Å². The fraction of sp³-hybridized carbons (Fsp3) is 1.00. The number of methoxy groups -OCH3 is 1. The molecule has 0 spiro atoms. The molecule has 0 aromatic rings. The van der Waals surface area contributed by atoms with Crippen LogP contribution in [0, 0.1) is 0 Å². The van der Waals surface area contributed by atoms with Crippen molar-refractivity contribution in [2.75, 3.05) is 39.9 Å². The van der Waals surface area contributed by atoms with Crippen molar-refractivity contribution in [2.24, 2.45) is 0 Å².